The Bertz CT molecular complexity index is 336. The molecule has 1 aromatic heterocycles. The number of aromatic nitrogens is 2. The molecule has 0 spiro atoms. The minimum atomic E-state index is -0.384. The molecule has 1 rings (SSSR count). The van der Waals surface area contributed by atoms with Crippen LogP contribution < -0.4 is 10.4 Å². The van der Waals surface area contributed by atoms with E-state index >= 15 is 0 Å². The zero-order valence-corrected chi connectivity index (χ0v) is 7.66. The van der Waals surface area contributed by atoms with E-state index in [0.717, 1.165) is 11.3 Å². The van der Waals surface area contributed by atoms with Gasteiger partial charge in [-0.3, -0.25) is 4.57 Å². The van der Waals surface area contributed by atoms with Crippen LogP contribution in [-0.4, -0.2) is 16.7 Å². The highest BCUT2D eigenvalue weighted by molar-refractivity contribution is 7.73. The highest BCUT2D eigenvalue weighted by Crippen LogP contribution is 2.10. The normalized spacial score (nSPS) is 9.64. The molecule has 0 saturated carbocycles. The van der Waals surface area contributed by atoms with Gasteiger partial charge in [-0.1, -0.05) is 0 Å². The van der Waals surface area contributed by atoms with Crippen molar-refractivity contribution in [1.82, 2.24) is 9.55 Å². The van der Waals surface area contributed by atoms with Crippen molar-refractivity contribution in [3.05, 3.63) is 14.4 Å². The monoisotopic (exact) mass is 190 g/mol. The molecule has 0 N–H and O–H groups in total. The van der Waals surface area contributed by atoms with Crippen molar-refractivity contribution in [2.45, 2.75) is 0 Å². The predicted octanol–water partition coefficient (Wildman–Crippen LogP) is 0.580. The molecule has 1 aromatic rings. The largest absolute Gasteiger partial charge is 0.473 e. The van der Waals surface area contributed by atoms with Gasteiger partial charge in [0.2, 0.25) is 0 Å². The minimum Gasteiger partial charge on any atom is -0.473 e. The molecule has 11 heavy (non-hydrogen) atoms. The highest BCUT2D eigenvalue weighted by Gasteiger charge is 1.98. The summed E-state index contributed by atoms with van der Waals surface area (Å²) in [6, 6.07) is 0. The number of methoxy groups -OCH3 is 1. The summed E-state index contributed by atoms with van der Waals surface area (Å²) in [5.74, 6) is 0. The van der Waals surface area contributed by atoms with Gasteiger partial charge in [0.1, 0.15) is 0 Å². The van der Waals surface area contributed by atoms with Crippen LogP contribution in [0.15, 0.2) is 4.79 Å². The standard InChI is InChI=1S/C5H6N2O2S2/c1-7-3(8)6-4(9-2)11-5(7)10/h1-2H3. The van der Waals surface area contributed by atoms with Gasteiger partial charge in [-0.25, -0.2) is 4.79 Å². The average molecular weight is 190 g/mol. The number of rotatable bonds is 1. The van der Waals surface area contributed by atoms with Crippen LogP contribution in [0.5, 0.6) is 5.19 Å². The molecule has 1 heterocycles. The van der Waals surface area contributed by atoms with Crippen LogP contribution in [0.4, 0.5) is 0 Å². The quantitative estimate of drug-likeness (QED) is 0.608. The molecule has 6 heteroatoms. The summed E-state index contributed by atoms with van der Waals surface area (Å²) in [6.45, 7) is 0. The van der Waals surface area contributed by atoms with Gasteiger partial charge in [0.15, 0.2) is 3.95 Å². The number of nitrogens with zero attached hydrogens (tertiary/aromatic N) is 2. The summed E-state index contributed by atoms with van der Waals surface area (Å²) >= 11 is 6.02. The maximum atomic E-state index is 10.9. The second-order valence-electron chi connectivity index (χ2n) is 1.79. The summed E-state index contributed by atoms with van der Waals surface area (Å²) in [6.07, 6.45) is 0. The average Bonchev–Trinajstić information content (AvgIpc) is 1.99. The van der Waals surface area contributed by atoms with E-state index in [2.05, 4.69) is 4.98 Å². The van der Waals surface area contributed by atoms with Crippen LogP contribution in [0.25, 0.3) is 0 Å². The third-order valence-corrected chi connectivity index (χ3v) is 2.50. The molecule has 0 saturated heterocycles. The lowest BCUT2D eigenvalue weighted by atomic mass is 11.0. The van der Waals surface area contributed by atoms with Crippen LogP contribution in [0, 0.1) is 3.95 Å². The number of ether oxygens (including phenoxy) is 1. The van der Waals surface area contributed by atoms with Crippen LogP contribution in [0.1, 0.15) is 0 Å². The summed E-state index contributed by atoms with van der Waals surface area (Å²) in [7, 11) is 3.03. The van der Waals surface area contributed by atoms with Gasteiger partial charge in [-0.15, -0.1) is 4.98 Å². The van der Waals surface area contributed by atoms with Crippen LogP contribution in [-0.2, 0) is 7.05 Å². The molecule has 0 aliphatic carbocycles. The van der Waals surface area contributed by atoms with Gasteiger partial charge in [0, 0.05) is 7.05 Å². The van der Waals surface area contributed by atoms with Crippen LogP contribution in [0.3, 0.4) is 0 Å². The molecule has 0 bridgehead atoms. The molecular weight excluding hydrogens is 184 g/mol. The highest BCUT2D eigenvalue weighted by atomic mass is 32.1. The Hall–Kier alpha value is -0.750. The van der Waals surface area contributed by atoms with Crippen molar-refractivity contribution in [2.75, 3.05) is 7.11 Å². The van der Waals surface area contributed by atoms with Crippen molar-refractivity contribution in [3.63, 3.8) is 0 Å². The summed E-state index contributed by atoms with van der Waals surface area (Å²) in [5.41, 5.74) is -0.384. The molecule has 0 atom stereocenters. The molecule has 0 aliphatic rings. The Morgan fingerprint density at radius 3 is 2.82 bits per heavy atom. The Kier molecular flexibility index (Phi) is 2.35. The Labute approximate surface area is 72.1 Å². The lowest BCUT2D eigenvalue weighted by Gasteiger charge is -1.97. The van der Waals surface area contributed by atoms with E-state index in [1.54, 1.807) is 7.05 Å². The maximum Gasteiger partial charge on any atom is 0.353 e. The minimum absolute atomic E-state index is 0.304. The zero-order valence-electron chi connectivity index (χ0n) is 6.03. The molecule has 4 nitrogen and oxygen atoms in total. The van der Waals surface area contributed by atoms with Crippen molar-refractivity contribution in [1.29, 1.82) is 0 Å². The fraction of sp³-hybridized carbons (Fsp3) is 0.400. The van der Waals surface area contributed by atoms with Crippen LogP contribution >= 0.6 is 23.6 Å². The Morgan fingerprint density at radius 1 is 1.73 bits per heavy atom. The molecular formula is C5H6N2O2S2. The lowest BCUT2D eigenvalue weighted by Crippen LogP contribution is -2.19. The topological polar surface area (TPSA) is 44.1 Å². The van der Waals surface area contributed by atoms with Gasteiger partial charge < -0.3 is 4.74 Å². The lowest BCUT2D eigenvalue weighted by molar-refractivity contribution is 0.407. The SMILES string of the molecule is COc1nc(=O)n(C)c(=S)s1. The summed E-state index contributed by atoms with van der Waals surface area (Å²) in [4.78, 5) is 14.5. The van der Waals surface area contributed by atoms with E-state index in [1.807, 2.05) is 0 Å². The fourth-order valence-corrected chi connectivity index (χ4v) is 1.35. The Balaban J connectivity index is 3.45. The van der Waals surface area contributed by atoms with Gasteiger partial charge in [0.05, 0.1) is 7.11 Å². The molecule has 0 amide bonds. The second-order valence-corrected chi connectivity index (χ2v) is 3.38. The predicted molar refractivity (Wildman–Crippen MR) is 44.7 cm³/mol. The van der Waals surface area contributed by atoms with Crippen molar-refractivity contribution in [2.24, 2.45) is 7.05 Å². The first-order chi connectivity index (χ1) is 5.15. The molecule has 0 radical (unpaired) electrons. The molecule has 0 aromatic carbocycles. The molecule has 0 unspecified atom stereocenters. The van der Waals surface area contributed by atoms with E-state index < -0.39 is 0 Å². The second kappa shape index (κ2) is 3.10. The van der Waals surface area contributed by atoms with Gasteiger partial charge in [-0.2, -0.15) is 0 Å². The van der Waals surface area contributed by atoms with Gasteiger partial charge >= 0.3 is 5.69 Å². The molecule has 60 valence electrons. The number of hydrogen-bond donors (Lipinski definition) is 0. The maximum absolute atomic E-state index is 10.9. The third-order valence-electron chi connectivity index (χ3n) is 1.10. The van der Waals surface area contributed by atoms with Crippen molar-refractivity contribution < 1.29 is 4.74 Å². The molecule has 0 fully saturated rings. The zero-order chi connectivity index (χ0) is 8.43. The van der Waals surface area contributed by atoms with Gasteiger partial charge in [0.25, 0.3) is 5.19 Å². The summed E-state index contributed by atoms with van der Waals surface area (Å²) in [5, 5.41) is 0.304. The van der Waals surface area contributed by atoms with Crippen LogP contribution in [0.2, 0.25) is 0 Å². The first kappa shape index (κ1) is 8.35. The van der Waals surface area contributed by atoms with E-state index in [-0.39, 0.29) is 5.69 Å². The third kappa shape index (κ3) is 1.63. The van der Waals surface area contributed by atoms with E-state index in [1.165, 1.54) is 11.7 Å². The van der Waals surface area contributed by atoms with Crippen molar-refractivity contribution in [3.8, 4) is 5.19 Å². The Morgan fingerprint density at radius 2 is 2.36 bits per heavy atom. The van der Waals surface area contributed by atoms with E-state index in [4.69, 9.17) is 17.0 Å². The fourth-order valence-electron chi connectivity index (χ4n) is 0.484. The first-order valence-electron chi connectivity index (χ1n) is 2.77. The van der Waals surface area contributed by atoms with E-state index in [0.29, 0.717) is 9.15 Å². The van der Waals surface area contributed by atoms with E-state index in [9.17, 15) is 4.79 Å². The van der Waals surface area contributed by atoms with Gasteiger partial charge in [-0.05, 0) is 23.6 Å². The molecule has 0 aliphatic heterocycles. The van der Waals surface area contributed by atoms with Crippen molar-refractivity contribution >= 4 is 23.6 Å². The number of hydrogen-bond acceptors (Lipinski definition) is 5. The summed E-state index contributed by atoms with van der Waals surface area (Å²) < 4.78 is 6.51. The first-order valence-corrected chi connectivity index (χ1v) is 4.00. The smallest absolute Gasteiger partial charge is 0.353 e.